The lowest BCUT2D eigenvalue weighted by molar-refractivity contribution is -0.137. The molecule has 0 spiro atoms. The second kappa shape index (κ2) is 8.46. The van der Waals surface area contributed by atoms with Gasteiger partial charge in [0.2, 0.25) is 23.5 Å². The third kappa shape index (κ3) is 4.03. The highest BCUT2D eigenvalue weighted by Gasteiger charge is 2.42. The summed E-state index contributed by atoms with van der Waals surface area (Å²) in [6.07, 6.45) is 1.89. The lowest BCUT2D eigenvalue weighted by Gasteiger charge is -2.25. The molecule has 2 aromatic carbocycles. The molecule has 1 aromatic heterocycles. The maximum absolute atomic E-state index is 13.5. The van der Waals surface area contributed by atoms with Crippen LogP contribution in [0.5, 0.6) is 0 Å². The number of carbonyl (C=O) groups is 2. The van der Waals surface area contributed by atoms with Gasteiger partial charge in [0.25, 0.3) is 0 Å². The van der Waals surface area contributed by atoms with Crippen molar-refractivity contribution in [2.24, 2.45) is 5.92 Å². The summed E-state index contributed by atoms with van der Waals surface area (Å²) >= 11 is 0. The number of nitrogens with zero attached hydrogens (tertiary/aromatic N) is 4. The summed E-state index contributed by atoms with van der Waals surface area (Å²) < 4.78 is 5.59. The maximum atomic E-state index is 13.5. The molecule has 7 heteroatoms. The summed E-state index contributed by atoms with van der Waals surface area (Å²) in [4.78, 5) is 34.4. The standard InChI is InChI=1S/C26H28N4O3/c1-16-6-4-7-19(12-16)24-27-25(33-28-24)22-8-5-11-29(22)26(32)20-14-23(31)30(15-20)21-10-9-17(2)18(3)13-21/h4,6-7,9-10,12-13,20,22H,5,8,11,14-15H2,1-3H3/t20-,22-/m0/s1. The van der Waals surface area contributed by atoms with Crippen LogP contribution in [0.3, 0.4) is 0 Å². The Labute approximate surface area is 193 Å². The molecule has 2 aliphatic rings. The van der Waals surface area contributed by atoms with Gasteiger partial charge in [-0.25, -0.2) is 0 Å². The first-order valence-corrected chi connectivity index (χ1v) is 11.5. The SMILES string of the molecule is Cc1cccc(-c2noc([C@@H]3CCCN3C(=O)[C@H]3CC(=O)N(c4ccc(C)c(C)c4)C3)n2)c1. The smallest absolute Gasteiger partial charge is 0.249 e. The third-order valence-corrected chi connectivity index (χ3v) is 6.82. The number of aryl methyl sites for hydroxylation is 3. The minimum atomic E-state index is -0.362. The fourth-order valence-electron chi connectivity index (χ4n) is 4.81. The molecule has 2 fully saturated rings. The number of rotatable bonds is 4. The Balaban J connectivity index is 1.32. The van der Waals surface area contributed by atoms with Crippen molar-refractivity contribution < 1.29 is 14.1 Å². The van der Waals surface area contributed by atoms with Crippen LogP contribution in [-0.4, -0.2) is 39.9 Å². The number of aromatic nitrogens is 2. The van der Waals surface area contributed by atoms with Crippen molar-refractivity contribution in [1.82, 2.24) is 15.0 Å². The molecule has 2 saturated heterocycles. The van der Waals surface area contributed by atoms with Gasteiger partial charge >= 0.3 is 0 Å². The number of likely N-dealkylation sites (tertiary alicyclic amines) is 1. The summed E-state index contributed by atoms with van der Waals surface area (Å²) in [5.41, 5.74) is 5.19. The van der Waals surface area contributed by atoms with E-state index in [1.54, 1.807) is 4.90 Å². The maximum Gasteiger partial charge on any atom is 0.249 e. The molecule has 3 aromatic rings. The minimum absolute atomic E-state index is 0.00695. The Bertz CT molecular complexity index is 1220. The summed E-state index contributed by atoms with van der Waals surface area (Å²) in [5.74, 6) is 0.621. The molecule has 0 aliphatic carbocycles. The van der Waals surface area contributed by atoms with Gasteiger partial charge in [-0.15, -0.1) is 0 Å². The van der Waals surface area contributed by atoms with Crippen LogP contribution >= 0.6 is 0 Å². The van der Waals surface area contributed by atoms with Gasteiger partial charge in [-0.1, -0.05) is 35.0 Å². The van der Waals surface area contributed by atoms with Crippen LogP contribution in [0.1, 0.15) is 47.9 Å². The number of carbonyl (C=O) groups excluding carboxylic acids is 2. The molecule has 33 heavy (non-hydrogen) atoms. The molecule has 2 amide bonds. The van der Waals surface area contributed by atoms with Gasteiger partial charge in [0.1, 0.15) is 6.04 Å². The summed E-state index contributed by atoms with van der Waals surface area (Å²) in [5, 5.41) is 4.16. The van der Waals surface area contributed by atoms with Gasteiger partial charge in [0.05, 0.1) is 5.92 Å². The number of amides is 2. The highest BCUT2D eigenvalue weighted by Crippen LogP contribution is 2.35. The summed E-state index contributed by atoms with van der Waals surface area (Å²) in [6.45, 7) is 7.15. The third-order valence-electron chi connectivity index (χ3n) is 6.82. The van der Waals surface area contributed by atoms with Crippen LogP contribution in [0.15, 0.2) is 47.0 Å². The fraction of sp³-hybridized carbons (Fsp3) is 0.385. The van der Waals surface area contributed by atoms with Gasteiger partial charge in [0.15, 0.2) is 0 Å². The molecule has 5 rings (SSSR count). The zero-order valence-electron chi connectivity index (χ0n) is 19.2. The molecular formula is C26H28N4O3. The van der Waals surface area contributed by atoms with Crippen molar-refractivity contribution in [1.29, 1.82) is 0 Å². The van der Waals surface area contributed by atoms with E-state index in [9.17, 15) is 9.59 Å². The van der Waals surface area contributed by atoms with E-state index in [-0.39, 0.29) is 30.2 Å². The number of hydrogen-bond acceptors (Lipinski definition) is 5. The molecule has 2 atom stereocenters. The Morgan fingerprint density at radius 3 is 2.73 bits per heavy atom. The van der Waals surface area contributed by atoms with Gasteiger partial charge in [-0.2, -0.15) is 4.98 Å². The van der Waals surface area contributed by atoms with E-state index in [0.29, 0.717) is 24.8 Å². The van der Waals surface area contributed by atoms with Crippen LogP contribution in [-0.2, 0) is 9.59 Å². The Morgan fingerprint density at radius 1 is 1.09 bits per heavy atom. The van der Waals surface area contributed by atoms with Crippen molar-refractivity contribution in [3.8, 4) is 11.4 Å². The Morgan fingerprint density at radius 2 is 1.94 bits per heavy atom. The average Bonchev–Trinajstić information content (AvgIpc) is 3.54. The van der Waals surface area contributed by atoms with E-state index in [4.69, 9.17) is 4.52 Å². The van der Waals surface area contributed by atoms with Gasteiger partial charge in [0, 0.05) is 30.8 Å². The van der Waals surface area contributed by atoms with Crippen LogP contribution < -0.4 is 4.90 Å². The largest absolute Gasteiger partial charge is 0.337 e. The highest BCUT2D eigenvalue weighted by molar-refractivity contribution is 6.00. The Hall–Kier alpha value is -3.48. The number of anilines is 1. The first-order chi connectivity index (χ1) is 15.9. The van der Waals surface area contributed by atoms with E-state index < -0.39 is 0 Å². The van der Waals surface area contributed by atoms with Crippen molar-refractivity contribution >= 4 is 17.5 Å². The van der Waals surface area contributed by atoms with E-state index >= 15 is 0 Å². The normalized spacial score (nSPS) is 20.6. The molecule has 170 valence electrons. The van der Waals surface area contributed by atoms with Crippen LogP contribution in [0.2, 0.25) is 0 Å². The minimum Gasteiger partial charge on any atom is -0.337 e. The molecule has 0 N–H and O–H groups in total. The highest BCUT2D eigenvalue weighted by atomic mass is 16.5. The van der Waals surface area contributed by atoms with Gasteiger partial charge in [-0.05, 0) is 62.9 Å². The van der Waals surface area contributed by atoms with Crippen LogP contribution in [0.4, 0.5) is 5.69 Å². The predicted octanol–water partition coefficient (Wildman–Crippen LogP) is 4.38. The Kier molecular flexibility index (Phi) is 5.48. The van der Waals surface area contributed by atoms with Crippen molar-refractivity contribution in [3.05, 3.63) is 65.0 Å². The van der Waals surface area contributed by atoms with E-state index in [0.717, 1.165) is 35.2 Å². The second-order valence-electron chi connectivity index (χ2n) is 9.19. The molecule has 7 nitrogen and oxygen atoms in total. The quantitative estimate of drug-likeness (QED) is 0.597. The predicted molar refractivity (Wildman–Crippen MR) is 125 cm³/mol. The zero-order chi connectivity index (χ0) is 23.1. The average molecular weight is 445 g/mol. The van der Waals surface area contributed by atoms with Crippen molar-refractivity contribution in [3.63, 3.8) is 0 Å². The fourth-order valence-corrected chi connectivity index (χ4v) is 4.81. The van der Waals surface area contributed by atoms with Crippen LogP contribution in [0, 0.1) is 26.7 Å². The van der Waals surface area contributed by atoms with Crippen molar-refractivity contribution in [2.75, 3.05) is 18.0 Å². The topological polar surface area (TPSA) is 79.5 Å². The number of benzene rings is 2. The first-order valence-electron chi connectivity index (χ1n) is 11.5. The van der Waals surface area contributed by atoms with Crippen molar-refractivity contribution in [2.45, 2.75) is 46.1 Å². The van der Waals surface area contributed by atoms with E-state index in [1.807, 2.05) is 68.1 Å². The lowest BCUT2D eigenvalue weighted by Crippen LogP contribution is -2.37. The molecule has 0 bridgehead atoms. The van der Waals surface area contributed by atoms with E-state index in [2.05, 4.69) is 10.1 Å². The summed E-state index contributed by atoms with van der Waals surface area (Å²) in [6, 6.07) is 13.7. The molecule has 0 unspecified atom stereocenters. The second-order valence-corrected chi connectivity index (χ2v) is 9.19. The molecule has 0 saturated carbocycles. The van der Waals surface area contributed by atoms with Gasteiger partial charge in [-0.3, -0.25) is 9.59 Å². The summed E-state index contributed by atoms with van der Waals surface area (Å²) in [7, 11) is 0. The molecule has 2 aliphatic heterocycles. The first kappa shape index (κ1) is 21.4. The zero-order valence-corrected chi connectivity index (χ0v) is 19.2. The molecule has 3 heterocycles. The van der Waals surface area contributed by atoms with Crippen LogP contribution in [0.25, 0.3) is 11.4 Å². The molecular weight excluding hydrogens is 416 g/mol. The van der Waals surface area contributed by atoms with Gasteiger partial charge < -0.3 is 14.3 Å². The van der Waals surface area contributed by atoms with E-state index in [1.165, 1.54) is 5.56 Å². The lowest BCUT2D eigenvalue weighted by atomic mass is 10.1. The number of hydrogen-bond donors (Lipinski definition) is 0. The molecule has 0 radical (unpaired) electrons. The monoisotopic (exact) mass is 444 g/mol.